The Morgan fingerprint density at radius 2 is 1.95 bits per heavy atom. The Balaban J connectivity index is 1.90. The zero-order chi connectivity index (χ0) is 15.2. The lowest BCUT2D eigenvalue weighted by Crippen LogP contribution is -2.29. The Morgan fingerprint density at radius 1 is 1.33 bits per heavy atom. The van der Waals surface area contributed by atoms with Crippen LogP contribution in [0.2, 0.25) is 0 Å². The predicted molar refractivity (Wildman–Crippen MR) is 76.7 cm³/mol. The van der Waals surface area contributed by atoms with E-state index in [-0.39, 0.29) is 10.6 Å². The van der Waals surface area contributed by atoms with Crippen molar-refractivity contribution < 1.29 is 18.3 Å². The van der Waals surface area contributed by atoms with Crippen LogP contribution in [0.4, 0.5) is 0 Å². The first-order valence-corrected chi connectivity index (χ1v) is 8.81. The van der Waals surface area contributed by atoms with E-state index >= 15 is 0 Å². The van der Waals surface area contributed by atoms with Gasteiger partial charge in [0, 0.05) is 25.8 Å². The summed E-state index contributed by atoms with van der Waals surface area (Å²) in [6, 6.07) is 1.27. The molecule has 7 heteroatoms. The maximum atomic E-state index is 12.7. The van der Waals surface area contributed by atoms with Crippen LogP contribution >= 0.6 is 0 Å². The molecule has 0 aromatic carbocycles. The van der Waals surface area contributed by atoms with E-state index in [1.807, 2.05) is 0 Å². The molecule has 116 valence electrons. The van der Waals surface area contributed by atoms with Crippen molar-refractivity contribution in [1.82, 2.24) is 8.87 Å². The van der Waals surface area contributed by atoms with Gasteiger partial charge < -0.3 is 9.67 Å². The summed E-state index contributed by atoms with van der Waals surface area (Å²) >= 11 is 0. The zero-order valence-corrected chi connectivity index (χ0v) is 12.8. The minimum absolute atomic E-state index is 0.0236. The number of nitrogens with zero attached hydrogens (tertiary/aromatic N) is 2. The molecule has 3 rings (SSSR count). The Hall–Kier alpha value is -1.34. The number of sulfonamides is 1. The number of rotatable bonds is 4. The fraction of sp³-hybridized carbons (Fsp3) is 0.643. The normalized spacial score (nSPS) is 26.1. The largest absolute Gasteiger partial charge is 0.477 e. The molecule has 1 aliphatic heterocycles. The number of aromatic nitrogens is 1. The average molecular weight is 312 g/mol. The molecule has 2 atom stereocenters. The van der Waals surface area contributed by atoms with E-state index in [0.717, 1.165) is 12.8 Å². The van der Waals surface area contributed by atoms with Gasteiger partial charge in [0.15, 0.2) is 0 Å². The highest BCUT2D eigenvalue weighted by Gasteiger charge is 2.41. The van der Waals surface area contributed by atoms with E-state index in [1.54, 1.807) is 6.92 Å². The van der Waals surface area contributed by atoms with Crippen molar-refractivity contribution in [2.45, 2.75) is 37.6 Å². The summed E-state index contributed by atoms with van der Waals surface area (Å²) in [6.07, 6.45) is 4.84. The van der Waals surface area contributed by atoms with Gasteiger partial charge in [-0.3, -0.25) is 0 Å². The Labute approximate surface area is 124 Å². The van der Waals surface area contributed by atoms with Gasteiger partial charge in [0.1, 0.15) is 10.6 Å². The molecule has 1 aliphatic carbocycles. The van der Waals surface area contributed by atoms with Crippen molar-refractivity contribution in [2.75, 3.05) is 13.1 Å². The van der Waals surface area contributed by atoms with E-state index < -0.39 is 16.0 Å². The van der Waals surface area contributed by atoms with Crippen LogP contribution in [0.5, 0.6) is 0 Å². The molecule has 0 amide bonds. The first kappa shape index (κ1) is 14.6. The van der Waals surface area contributed by atoms with Crippen LogP contribution in [-0.4, -0.2) is 41.5 Å². The Kier molecular flexibility index (Phi) is 3.57. The van der Waals surface area contributed by atoms with Gasteiger partial charge in [0.05, 0.1) is 0 Å². The number of hydrogen-bond donors (Lipinski definition) is 1. The first-order chi connectivity index (χ1) is 9.93. The highest BCUT2D eigenvalue weighted by Crippen LogP contribution is 2.39. The van der Waals surface area contributed by atoms with Crippen molar-refractivity contribution in [1.29, 1.82) is 0 Å². The van der Waals surface area contributed by atoms with Crippen molar-refractivity contribution in [3.63, 3.8) is 0 Å². The lowest BCUT2D eigenvalue weighted by molar-refractivity contribution is 0.0685. The third-order valence-electron chi connectivity index (χ3n) is 4.76. The molecule has 2 heterocycles. The molecule has 0 spiro atoms. The molecular formula is C14H20N2O4S. The summed E-state index contributed by atoms with van der Waals surface area (Å²) in [5, 5.41) is 9.14. The molecule has 1 saturated heterocycles. The van der Waals surface area contributed by atoms with Crippen LogP contribution in [0.15, 0.2) is 17.2 Å². The van der Waals surface area contributed by atoms with Crippen molar-refractivity contribution in [3.8, 4) is 0 Å². The van der Waals surface area contributed by atoms with Gasteiger partial charge in [-0.2, -0.15) is 4.31 Å². The molecule has 0 unspecified atom stereocenters. The number of carbonyl (C=O) groups is 1. The number of fused-ring (bicyclic) bond motifs is 1. The highest BCUT2D eigenvalue weighted by molar-refractivity contribution is 7.89. The third kappa shape index (κ3) is 2.38. The van der Waals surface area contributed by atoms with E-state index in [0.29, 0.717) is 31.5 Å². The smallest absolute Gasteiger partial charge is 0.352 e. The minimum Gasteiger partial charge on any atom is -0.477 e. The van der Waals surface area contributed by atoms with E-state index in [2.05, 4.69) is 0 Å². The van der Waals surface area contributed by atoms with Crippen molar-refractivity contribution in [2.24, 2.45) is 11.8 Å². The molecule has 0 bridgehead atoms. The maximum Gasteiger partial charge on any atom is 0.352 e. The summed E-state index contributed by atoms with van der Waals surface area (Å²) in [6.45, 7) is 3.38. The molecule has 2 fully saturated rings. The van der Waals surface area contributed by atoms with E-state index in [9.17, 15) is 13.2 Å². The molecule has 1 saturated carbocycles. The van der Waals surface area contributed by atoms with Gasteiger partial charge in [-0.15, -0.1) is 0 Å². The fourth-order valence-electron chi connectivity index (χ4n) is 3.60. The monoisotopic (exact) mass is 312 g/mol. The van der Waals surface area contributed by atoms with Gasteiger partial charge in [-0.1, -0.05) is 6.42 Å². The zero-order valence-electron chi connectivity index (χ0n) is 12.0. The second kappa shape index (κ2) is 5.14. The van der Waals surface area contributed by atoms with Crippen LogP contribution in [-0.2, 0) is 16.6 Å². The van der Waals surface area contributed by atoms with Crippen molar-refractivity contribution in [3.05, 3.63) is 18.0 Å². The molecule has 1 aromatic rings. The summed E-state index contributed by atoms with van der Waals surface area (Å²) in [4.78, 5) is 11.3. The lowest BCUT2D eigenvalue weighted by Gasteiger charge is -2.16. The second-order valence-electron chi connectivity index (χ2n) is 5.93. The number of aromatic carboxylic acids is 1. The lowest BCUT2D eigenvalue weighted by atomic mass is 10.0. The molecule has 1 aromatic heterocycles. The van der Waals surface area contributed by atoms with E-state index in [4.69, 9.17) is 5.11 Å². The third-order valence-corrected chi connectivity index (χ3v) is 6.56. The van der Waals surface area contributed by atoms with Crippen LogP contribution in [0.3, 0.4) is 0 Å². The first-order valence-electron chi connectivity index (χ1n) is 7.37. The summed E-state index contributed by atoms with van der Waals surface area (Å²) in [5.41, 5.74) is 0.0236. The molecular weight excluding hydrogens is 292 g/mol. The maximum absolute atomic E-state index is 12.7. The molecule has 6 nitrogen and oxygen atoms in total. The SMILES string of the molecule is CCn1cc(S(=O)(=O)N2C[C@H]3CCC[C@@H]3C2)cc1C(=O)O. The second-order valence-corrected chi connectivity index (χ2v) is 7.86. The van der Waals surface area contributed by atoms with Gasteiger partial charge in [0.25, 0.3) is 0 Å². The minimum atomic E-state index is -3.58. The Morgan fingerprint density at radius 3 is 2.43 bits per heavy atom. The summed E-state index contributed by atoms with van der Waals surface area (Å²) < 4.78 is 28.4. The fourth-order valence-corrected chi connectivity index (χ4v) is 5.20. The summed E-state index contributed by atoms with van der Waals surface area (Å²) in [5.74, 6) is -0.143. The standard InChI is InChI=1S/C14H20N2O4S/c1-2-15-9-12(6-13(15)14(17)18)21(19,20)16-7-10-4-3-5-11(10)8-16/h6,9-11H,2-5,7-8H2,1H3,(H,17,18)/t10-,11-/m1/s1. The van der Waals surface area contributed by atoms with Gasteiger partial charge >= 0.3 is 5.97 Å². The number of carboxylic acids is 1. The van der Waals surface area contributed by atoms with Crippen LogP contribution in [0, 0.1) is 11.8 Å². The number of carboxylic acid groups (broad SMARTS) is 1. The van der Waals surface area contributed by atoms with Gasteiger partial charge in [-0.25, -0.2) is 13.2 Å². The topological polar surface area (TPSA) is 79.6 Å². The summed E-state index contributed by atoms with van der Waals surface area (Å²) in [7, 11) is -3.58. The molecule has 0 radical (unpaired) electrons. The highest BCUT2D eigenvalue weighted by atomic mass is 32.2. The average Bonchev–Trinajstić information content (AvgIpc) is 3.11. The van der Waals surface area contributed by atoms with Crippen LogP contribution < -0.4 is 0 Å². The van der Waals surface area contributed by atoms with E-state index in [1.165, 1.54) is 27.6 Å². The quantitative estimate of drug-likeness (QED) is 0.916. The molecule has 1 N–H and O–H groups in total. The van der Waals surface area contributed by atoms with Crippen LogP contribution in [0.1, 0.15) is 36.7 Å². The van der Waals surface area contributed by atoms with Gasteiger partial charge in [-0.05, 0) is 37.7 Å². The van der Waals surface area contributed by atoms with Gasteiger partial charge in [0.2, 0.25) is 10.0 Å². The Bertz CT molecular complexity index is 653. The molecule has 21 heavy (non-hydrogen) atoms. The predicted octanol–water partition coefficient (Wildman–Crippen LogP) is 1.63. The number of hydrogen-bond acceptors (Lipinski definition) is 3. The van der Waals surface area contributed by atoms with Crippen molar-refractivity contribution >= 4 is 16.0 Å². The number of aryl methyl sites for hydroxylation is 1. The van der Waals surface area contributed by atoms with Crippen LogP contribution in [0.25, 0.3) is 0 Å². The molecule has 2 aliphatic rings.